The van der Waals surface area contributed by atoms with Crippen LogP contribution in [0.15, 0.2) is 47.8 Å². The Hall–Kier alpha value is -3.93. The van der Waals surface area contributed by atoms with Crippen molar-refractivity contribution in [3.8, 4) is 5.13 Å². The van der Waals surface area contributed by atoms with Crippen molar-refractivity contribution >= 4 is 40.2 Å². The highest BCUT2D eigenvalue weighted by Crippen LogP contribution is 2.27. The van der Waals surface area contributed by atoms with E-state index in [9.17, 15) is 19.1 Å². The molecule has 0 spiro atoms. The van der Waals surface area contributed by atoms with Gasteiger partial charge in [0.1, 0.15) is 17.7 Å². The van der Waals surface area contributed by atoms with Gasteiger partial charge in [-0.3, -0.25) is 9.36 Å². The summed E-state index contributed by atoms with van der Waals surface area (Å²) in [6.45, 7) is 0.977. The van der Waals surface area contributed by atoms with E-state index in [2.05, 4.69) is 24.6 Å². The van der Waals surface area contributed by atoms with Crippen molar-refractivity contribution in [1.29, 1.82) is 0 Å². The fourth-order valence-electron chi connectivity index (χ4n) is 3.41. The second kappa shape index (κ2) is 7.40. The van der Waals surface area contributed by atoms with E-state index in [1.165, 1.54) is 10.9 Å². The number of aromatic nitrogens is 5. The summed E-state index contributed by atoms with van der Waals surface area (Å²) in [7, 11) is 0. The molecule has 1 fully saturated rings. The number of nitrogens with zero attached hydrogens (tertiary/aromatic N) is 6. The minimum absolute atomic E-state index is 0.0616. The molecule has 2 N–H and O–H groups in total. The number of halogens is 1. The van der Waals surface area contributed by atoms with Gasteiger partial charge in [-0.1, -0.05) is 6.07 Å². The second-order valence-corrected chi connectivity index (χ2v) is 7.66. The van der Waals surface area contributed by atoms with Gasteiger partial charge < -0.3 is 15.3 Å². The highest BCUT2D eigenvalue weighted by atomic mass is 32.1. The molecule has 1 aliphatic rings. The number of rotatable bonds is 5. The Kier molecular flexibility index (Phi) is 4.55. The number of carboxylic acid groups (broad SMARTS) is 1. The predicted octanol–water partition coefficient (Wildman–Crippen LogP) is 1.77. The zero-order valence-corrected chi connectivity index (χ0v) is 16.6. The number of aromatic carboxylic acids is 1. The van der Waals surface area contributed by atoms with Gasteiger partial charge in [0.15, 0.2) is 17.3 Å². The van der Waals surface area contributed by atoms with E-state index in [0.29, 0.717) is 18.2 Å². The minimum Gasteiger partial charge on any atom is -0.477 e. The van der Waals surface area contributed by atoms with Crippen molar-refractivity contribution in [3.05, 3.63) is 64.6 Å². The Morgan fingerprint density at radius 3 is 2.81 bits per heavy atom. The molecule has 12 heteroatoms. The van der Waals surface area contributed by atoms with Crippen molar-refractivity contribution in [3.63, 3.8) is 0 Å². The lowest BCUT2D eigenvalue weighted by Crippen LogP contribution is -2.55. The molecular weight excluding hydrogens is 425 g/mol. The molecule has 156 valence electrons. The van der Waals surface area contributed by atoms with Gasteiger partial charge in [-0.2, -0.15) is 4.37 Å². The Balaban J connectivity index is 1.53. The third kappa shape index (κ3) is 3.36. The molecule has 4 aromatic rings. The average Bonchev–Trinajstić information content (AvgIpc) is 3.26. The van der Waals surface area contributed by atoms with E-state index < -0.39 is 22.8 Å². The lowest BCUT2D eigenvalue weighted by Gasteiger charge is -2.40. The monoisotopic (exact) mass is 439 g/mol. The van der Waals surface area contributed by atoms with Crippen LogP contribution in [0.5, 0.6) is 0 Å². The number of carboxylic acids is 1. The van der Waals surface area contributed by atoms with E-state index in [-0.39, 0.29) is 22.9 Å². The summed E-state index contributed by atoms with van der Waals surface area (Å²) < 4.78 is 20.1. The maximum Gasteiger partial charge on any atom is 0.341 e. The topological polar surface area (TPSA) is 126 Å². The van der Waals surface area contributed by atoms with Crippen molar-refractivity contribution in [2.75, 3.05) is 23.3 Å². The number of pyridine rings is 3. The summed E-state index contributed by atoms with van der Waals surface area (Å²) in [6, 6.07) is 6.63. The number of hydrogen-bond acceptors (Lipinski definition) is 9. The average molecular weight is 439 g/mol. The molecule has 5 rings (SSSR count). The van der Waals surface area contributed by atoms with E-state index in [1.54, 1.807) is 11.1 Å². The van der Waals surface area contributed by atoms with E-state index >= 15 is 0 Å². The lowest BCUT2D eigenvalue weighted by molar-refractivity contribution is 0.0695. The molecule has 0 aliphatic carbocycles. The fraction of sp³-hybridized carbons (Fsp3) is 0.158. The third-order valence-electron chi connectivity index (χ3n) is 4.90. The van der Waals surface area contributed by atoms with Gasteiger partial charge in [0.25, 0.3) is 0 Å². The number of anilines is 2. The molecule has 5 heterocycles. The van der Waals surface area contributed by atoms with Crippen LogP contribution in [0.2, 0.25) is 0 Å². The molecule has 4 aromatic heterocycles. The molecule has 0 amide bonds. The van der Waals surface area contributed by atoms with Gasteiger partial charge >= 0.3 is 5.97 Å². The number of carbonyl (C=O) groups is 1. The molecule has 0 radical (unpaired) electrons. The van der Waals surface area contributed by atoms with Gasteiger partial charge in [0.2, 0.25) is 10.6 Å². The Morgan fingerprint density at radius 2 is 2.13 bits per heavy atom. The molecule has 1 aliphatic heterocycles. The van der Waals surface area contributed by atoms with E-state index in [0.717, 1.165) is 29.6 Å². The lowest BCUT2D eigenvalue weighted by atomic mass is 10.1. The molecule has 0 aromatic carbocycles. The van der Waals surface area contributed by atoms with Crippen LogP contribution in [0.4, 0.5) is 16.0 Å². The second-order valence-electron chi connectivity index (χ2n) is 6.90. The summed E-state index contributed by atoms with van der Waals surface area (Å²) in [5.74, 6) is -1.31. The van der Waals surface area contributed by atoms with Gasteiger partial charge in [0, 0.05) is 37.0 Å². The van der Waals surface area contributed by atoms with Crippen LogP contribution in [-0.2, 0) is 0 Å². The largest absolute Gasteiger partial charge is 0.477 e. The number of fused-ring (bicyclic) bond motifs is 1. The summed E-state index contributed by atoms with van der Waals surface area (Å²) in [5, 5.41) is 12.8. The Labute approximate surface area is 177 Å². The standard InChI is InChI=1S/C19H14FN7O3S/c20-13-5-11-15(28)12(18(29)30)8-27(19-22-9-23-31-19)16(11)25-17(13)26-6-10(7-26)24-14-3-1-2-4-21-14/h1-5,8-10H,6-7H2,(H,21,24)(H,29,30). The van der Waals surface area contributed by atoms with Crippen molar-refractivity contribution in [2.45, 2.75) is 6.04 Å². The molecule has 0 unspecified atom stereocenters. The van der Waals surface area contributed by atoms with Gasteiger partial charge in [-0.05, 0) is 18.2 Å². The smallest absolute Gasteiger partial charge is 0.341 e. The molecular formula is C19H14FN7O3S. The molecule has 1 saturated heterocycles. The first kappa shape index (κ1) is 19.1. The first-order valence-corrected chi connectivity index (χ1v) is 9.97. The first-order chi connectivity index (χ1) is 15.0. The maximum absolute atomic E-state index is 14.9. The van der Waals surface area contributed by atoms with Crippen LogP contribution < -0.4 is 15.6 Å². The summed E-state index contributed by atoms with van der Waals surface area (Å²) in [4.78, 5) is 38.5. The fourth-order valence-corrected chi connectivity index (χ4v) is 3.92. The van der Waals surface area contributed by atoms with Crippen LogP contribution in [0.25, 0.3) is 16.2 Å². The number of hydrogen-bond donors (Lipinski definition) is 2. The Morgan fingerprint density at radius 1 is 1.29 bits per heavy atom. The normalized spacial score (nSPS) is 13.9. The van der Waals surface area contributed by atoms with Crippen LogP contribution in [0.3, 0.4) is 0 Å². The van der Waals surface area contributed by atoms with Gasteiger partial charge in [0.05, 0.1) is 11.4 Å². The predicted molar refractivity (Wildman–Crippen MR) is 112 cm³/mol. The molecule has 0 bridgehead atoms. The summed E-state index contributed by atoms with van der Waals surface area (Å²) >= 11 is 1.000. The van der Waals surface area contributed by atoms with Crippen molar-refractivity contribution in [2.24, 2.45) is 0 Å². The summed E-state index contributed by atoms with van der Waals surface area (Å²) in [6.07, 6.45) is 4.13. The van der Waals surface area contributed by atoms with Gasteiger partial charge in [-0.25, -0.2) is 24.1 Å². The van der Waals surface area contributed by atoms with Crippen LogP contribution >= 0.6 is 11.5 Å². The highest BCUT2D eigenvalue weighted by Gasteiger charge is 2.31. The SMILES string of the molecule is O=C(O)c1cn(-c2ncns2)c2nc(N3CC(Nc4ccccn4)C3)c(F)cc2c1=O. The van der Waals surface area contributed by atoms with E-state index in [1.807, 2.05) is 18.2 Å². The zero-order chi connectivity index (χ0) is 21.5. The summed E-state index contributed by atoms with van der Waals surface area (Å²) in [5.41, 5.74) is -1.19. The first-order valence-electron chi connectivity index (χ1n) is 9.20. The highest BCUT2D eigenvalue weighted by molar-refractivity contribution is 7.08. The van der Waals surface area contributed by atoms with Crippen molar-refractivity contribution in [1.82, 2.24) is 23.9 Å². The van der Waals surface area contributed by atoms with Gasteiger partial charge in [-0.15, -0.1) is 0 Å². The number of nitrogens with one attached hydrogen (secondary N) is 1. The molecule has 0 saturated carbocycles. The molecule has 31 heavy (non-hydrogen) atoms. The molecule has 0 atom stereocenters. The van der Waals surface area contributed by atoms with E-state index in [4.69, 9.17) is 0 Å². The quantitative estimate of drug-likeness (QED) is 0.478. The van der Waals surface area contributed by atoms with Crippen molar-refractivity contribution < 1.29 is 14.3 Å². The minimum atomic E-state index is -1.42. The zero-order valence-electron chi connectivity index (χ0n) is 15.8. The molecule has 10 nitrogen and oxygen atoms in total. The Bertz CT molecular complexity index is 1340. The maximum atomic E-state index is 14.9. The van der Waals surface area contributed by atoms with Crippen LogP contribution in [0.1, 0.15) is 10.4 Å². The third-order valence-corrected chi connectivity index (χ3v) is 5.56. The van der Waals surface area contributed by atoms with Crippen LogP contribution in [0, 0.1) is 5.82 Å². The van der Waals surface area contributed by atoms with Crippen LogP contribution in [-0.4, -0.2) is 54.1 Å².